The van der Waals surface area contributed by atoms with Gasteiger partial charge in [-0.1, -0.05) is 6.42 Å². The number of hydrogen-bond acceptors (Lipinski definition) is 2. The number of carbonyl (C=O) groups is 1. The molecule has 0 aromatic rings. The van der Waals surface area contributed by atoms with Crippen molar-refractivity contribution in [3.63, 3.8) is 0 Å². The topological polar surface area (TPSA) is 43.1 Å². The average Bonchev–Trinajstić information content (AvgIpc) is 2.04. The molecule has 2 saturated carbocycles. The molecule has 12 heavy (non-hydrogen) atoms. The molecule has 2 fully saturated rings. The van der Waals surface area contributed by atoms with Crippen LogP contribution >= 0.6 is 0 Å². The van der Waals surface area contributed by atoms with Gasteiger partial charge in [-0.05, 0) is 38.1 Å². The van der Waals surface area contributed by atoms with Crippen LogP contribution in [-0.4, -0.2) is 12.3 Å². The fraction of sp³-hybridized carbons (Fsp3) is 0.900. The molecule has 2 N–H and O–H groups in total. The van der Waals surface area contributed by atoms with Gasteiger partial charge in [0.15, 0.2) is 0 Å². The molecule has 0 amide bonds. The third kappa shape index (κ3) is 1.28. The number of hydrogen-bond donors (Lipinski definition) is 1. The Morgan fingerprint density at radius 3 is 2.33 bits per heavy atom. The zero-order valence-corrected chi connectivity index (χ0v) is 7.46. The third-order valence-electron chi connectivity index (χ3n) is 3.48. The Hall–Kier alpha value is -0.370. The number of nitrogens with two attached hydrogens (primary N) is 1. The Morgan fingerprint density at radius 1 is 1.25 bits per heavy atom. The predicted octanol–water partition coefficient (Wildman–Crippen LogP) is 1.34. The van der Waals surface area contributed by atoms with Crippen LogP contribution in [-0.2, 0) is 4.79 Å². The molecule has 2 bridgehead atoms. The summed E-state index contributed by atoms with van der Waals surface area (Å²) in [5.41, 5.74) is 5.64. The zero-order valence-electron chi connectivity index (χ0n) is 7.46. The van der Waals surface area contributed by atoms with E-state index in [2.05, 4.69) is 0 Å². The maximum absolute atomic E-state index is 11.6. The van der Waals surface area contributed by atoms with Gasteiger partial charge in [-0.2, -0.15) is 0 Å². The first-order valence-electron chi connectivity index (χ1n) is 5.05. The lowest BCUT2D eigenvalue weighted by atomic mass is 9.67. The Morgan fingerprint density at radius 2 is 1.83 bits per heavy atom. The molecule has 2 atom stereocenters. The lowest BCUT2D eigenvalue weighted by Crippen LogP contribution is -2.38. The molecular weight excluding hydrogens is 150 g/mol. The summed E-state index contributed by atoms with van der Waals surface area (Å²) in [7, 11) is 0. The number of Topliss-reactive ketones (excluding diaryl/α,β-unsaturated/α-hetero) is 1. The highest BCUT2D eigenvalue weighted by Crippen LogP contribution is 2.39. The number of ketones is 1. The van der Waals surface area contributed by atoms with E-state index in [1.807, 2.05) is 0 Å². The van der Waals surface area contributed by atoms with Gasteiger partial charge in [0.05, 0.1) is 0 Å². The molecule has 0 saturated heterocycles. The molecule has 2 unspecified atom stereocenters. The van der Waals surface area contributed by atoms with Crippen LogP contribution < -0.4 is 5.73 Å². The Bertz CT molecular complexity index is 174. The Balaban J connectivity index is 2.07. The van der Waals surface area contributed by atoms with Crippen LogP contribution in [0.1, 0.15) is 32.1 Å². The molecule has 0 radical (unpaired) electrons. The van der Waals surface area contributed by atoms with Crippen molar-refractivity contribution >= 4 is 5.78 Å². The van der Waals surface area contributed by atoms with Gasteiger partial charge >= 0.3 is 0 Å². The SMILES string of the molecule is NCC1CC2CCCC(C1)C2=O. The quantitative estimate of drug-likeness (QED) is 0.640. The summed E-state index contributed by atoms with van der Waals surface area (Å²) in [6, 6.07) is 0. The summed E-state index contributed by atoms with van der Waals surface area (Å²) in [5.74, 6) is 1.95. The van der Waals surface area contributed by atoms with E-state index in [4.69, 9.17) is 5.73 Å². The monoisotopic (exact) mass is 167 g/mol. The molecule has 68 valence electrons. The lowest BCUT2D eigenvalue weighted by molar-refractivity contribution is -0.133. The van der Waals surface area contributed by atoms with Gasteiger partial charge in [-0.15, -0.1) is 0 Å². The van der Waals surface area contributed by atoms with Gasteiger partial charge in [0.1, 0.15) is 5.78 Å². The second-order valence-electron chi connectivity index (χ2n) is 4.30. The van der Waals surface area contributed by atoms with Gasteiger partial charge in [0.25, 0.3) is 0 Å². The van der Waals surface area contributed by atoms with E-state index in [9.17, 15) is 4.79 Å². The molecule has 0 aliphatic heterocycles. The van der Waals surface area contributed by atoms with Crippen LogP contribution in [0.5, 0.6) is 0 Å². The predicted molar refractivity (Wildman–Crippen MR) is 47.6 cm³/mol. The van der Waals surface area contributed by atoms with Crippen LogP contribution in [0, 0.1) is 17.8 Å². The maximum Gasteiger partial charge on any atom is 0.139 e. The average molecular weight is 167 g/mol. The van der Waals surface area contributed by atoms with E-state index >= 15 is 0 Å². The van der Waals surface area contributed by atoms with E-state index in [1.54, 1.807) is 0 Å². The third-order valence-corrected chi connectivity index (χ3v) is 3.48. The molecule has 2 nitrogen and oxygen atoms in total. The Labute approximate surface area is 73.5 Å². The van der Waals surface area contributed by atoms with Crippen molar-refractivity contribution in [1.29, 1.82) is 0 Å². The first kappa shape index (κ1) is 8.24. The number of rotatable bonds is 1. The van der Waals surface area contributed by atoms with Crippen molar-refractivity contribution < 1.29 is 4.79 Å². The molecule has 0 heterocycles. The minimum absolute atomic E-state index is 0.381. The van der Waals surface area contributed by atoms with Gasteiger partial charge < -0.3 is 5.73 Å². The van der Waals surface area contributed by atoms with Crippen molar-refractivity contribution in [3.05, 3.63) is 0 Å². The zero-order chi connectivity index (χ0) is 8.55. The second kappa shape index (κ2) is 3.17. The van der Waals surface area contributed by atoms with E-state index < -0.39 is 0 Å². The minimum atomic E-state index is 0.381. The summed E-state index contributed by atoms with van der Waals surface area (Å²) >= 11 is 0. The largest absolute Gasteiger partial charge is 0.330 e. The van der Waals surface area contributed by atoms with E-state index in [0.717, 1.165) is 32.2 Å². The molecule has 2 heteroatoms. The van der Waals surface area contributed by atoms with Crippen LogP contribution in [0.25, 0.3) is 0 Å². The number of carbonyl (C=O) groups excluding carboxylic acids is 1. The van der Waals surface area contributed by atoms with Crippen LogP contribution in [0.2, 0.25) is 0 Å². The smallest absolute Gasteiger partial charge is 0.139 e. The second-order valence-corrected chi connectivity index (χ2v) is 4.30. The first-order valence-corrected chi connectivity index (χ1v) is 5.05. The van der Waals surface area contributed by atoms with Gasteiger partial charge in [0.2, 0.25) is 0 Å². The van der Waals surface area contributed by atoms with Crippen LogP contribution in [0.3, 0.4) is 0 Å². The summed E-state index contributed by atoms with van der Waals surface area (Å²) in [5, 5.41) is 0. The molecule has 0 spiro atoms. The Kier molecular flexibility index (Phi) is 2.18. The van der Waals surface area contributed by atoms with Gasteiger partial charge in [-0.3, -0.25) is 4.79 Å². The highest BCUT2D eigenvalue weighted by Gasteiger charge is 2.37. The van der Waals surface area contributed by atoms with Crippen molar-refractivity contribution in [2.24, 2.45) is 23.5 Å². The molecule has 0 aromatic carbocycles. The molecule has 2 aliphatic carbocycles. The van der Waals surface area contributed by atoms with Crippen molar-refractivity contribution in [2.75, 3.05) is 6.54 Å². The molecule has 2 rings (SSSR count). The fourth-order valence-electron chi connectivity index (χ4n) is 2.79. The van der Waals surface area contributed by atoms with Crippen molar-refractivity contribution in [3.8, 4) is 0 Å². The summed E-state index contributed by atoms with van der Waals surface area (Å²) in [4.78, 5) is 11.6. The highest BCUT2D eigenvalue weighted by atomic mass is 16.1. The van der Waals surface area contributed by atoms with E-state index in [0.29, 0.717) is 23.5 Å². The summed E-state index contributed by atoms with van der Waals surface area (Å²) in [6.45, 7) is 0.778. The van der Waals surface area contributed by atoms with Gasteiger partial charge in [-0.25, -0.2) is 0 Å². The normalized spacial score (nSPS) is 41.4. The van der Waals surface area contributed by atoms with Crippen LogP contribution in [0.4, 0.5) is 0 Å². The van der Waals surface area contributed by atoms with Gasteiger partial charge in [0, 0.05) is 11.8 Å². The molecule has 0 aromatic heterocycles. The minimum Gasteiger partial charge on any atom is -0.330 e. The molecule has 2 aliphatic rings. The summed E-state index contributed by atoms with van der Waals surface area (Å²) < 4.78 is 0. The lowest BCUT2D eigenvalue weighted by Gasteiger charge is -2.37. The first-order chi connectivity index (χ1) is 5.81. The van der Waals surface area contributed by atoms with Crippen LogP contribution in [0.15, 0.2) is 0 Å². The summed E-state index contributed by atoms with van der Waals surface area (Å²) in [6.07, 6.45) is 5.67. The number of fused-ring (bicyclic) bond motifs is 2. The highest BCUT2D eigenvalue weighted by molar-refractivity contribution is 5.84. The standard InChI is InChI=1S/C10H17NO/c11-6-7-4-8-2-1-3-9(5-7)10(8)12/h7-9H,1-6,11H2. The van der Waals surface area contributed by atoms with E-state index in [-0.39, 0.29) is 0 Å². The van der Waals surface area contributed by atoms with Crippen molar-refractivity contribution in [1.82, 2.24) is 0 Å². The molecular formula is C10H17NO. The van der Waals surface area contributed by atoms with E-state index in [1.165, 1.54) is 6.42 Å². The fourth-order valence-corrected chi connectivity index (χ4v) is 2.79. The maximum atomic E-state index is 11.6. The van der Waals surface area contributed by atoms with Crippen molar-refractivity contribution in [2.45, 2.75) is 32.1 Å².